The van der Waals surface area contributed by atoms with Crippen LogP contribution in [-0.4, -0.2) is 24.2 Å². The molecule has 0 bridgehead atoms. The van der Waals surface area contributed by atoms with Crippen molar-refractivity contribution in [2.75, 3.05) is 7.11 Å². The minimum Gasteiger partial charge on any atom is -0.490 e. The topological polar surface area (TPSA) is 99.9 Å². The first-order chi connectivity index (χ1) is 9.51. The zero-order chi connectivity index (χ0) is 15.1. The first kappa shape index (κ1) is 15.5. The molecular weight excluding hydrogens is 264 g/mol. The van der Waals surface area contributed by atoms with Crippen molar-refractivity contribution in [3.05, 3.63) is 33.4 Å². The fourth-order valence-electron chi connectivity index (χ4n) is 1.35. The maximum atomic E-state index is 11.8. The van der Waals surface area contributed by atoms with E-state index >= 15 is 0 Å². The summed E-state index contributed by atoms with van der Waals surface area (Å²) in [5.74, 6) is 0.234. The van der Waals surface area contributed by atoms with Crippen molar-refractivity contribution in [1.29, 1.82) is 5.39 Å². The Balaban J connectivity index is 2.79. The lowest BCUT2D eigenvalue weighted by Gasteiger charge is -2.10. The van der Waals surface area contributed by atoms with Crippen molar-refractivity contribution >= 4 is 6.03 Å². The fourth-order valence-corrected chi connectivity index (χ4v) is 1.35. The van der Waals surface area contributed by atoms with E-state index in [-0.39, 0.29) is 29.5 Å². The largest absolute Gasteiger partial charge is 0.490 e. The first-order valence-electron chi connectivity index (χ1n) is 6.10. The Hall–Kier alpha value is -2.56. The predicted octanol–water partition coefficient (Wildman–Crippen LogP) is 1.73. The molecule has 0 spiro atoms. The average molecular weight is 281 g/mol. The third-order valence-corrected chi connectivity index (χ3v) is 2.70. The lowest BCUT2D eigenvalue weighted by molar-refractivity contribution is 0.204. The van der Waals surface area contributed by atoms with Gasteiger partial charge in [0.25, 0.3) is 5.39 Å². The summed E-state index contributed by atoms with van der Waals surface area (Å²) < 4.78 is 9.90. The normalized spacial score (nSPS) is 11.3. The molecule has 0 saturated heterocycles. The summed E-state index contributed by atoms with van der Waals surface area (Å²) in [5.41, 5.74) is -0.381. The number of urea groups is 1. The Morgan fingerprint density at radius 1 is 1.65 bits per heavy atom. The molecule has 0 aliphatic carbocycles. The van der Waals surface area contributed by atoms with E-state index in [1.807, 2.05) is 13.8 Å². The summed E-state index contributed by atoms with van der Waals surface area (Å²) in [4.78, 5) is 23.3. The van der Waals surface area contributed by atoms with Crippen LogP contribution in [0.5, 0.6) is 5.75 Å². The SMILES string of the molecule is CCC(C)NC(=O)N(Cc1cc(=O)c(OC)co1)[N+]#N. The van der Waals surface area contributed by atoms with Gasteiger partial charge in [-0.15, -0.1) is 0 Å². The van der Waals surface area contributed by atoms with Crippen LogP contribution in [0.3, 0.4) is 0 Å². The summed E-state index contributed by atoms with van der Waals surface area (Å²) in [5, 5.41) is 15.1. The average Bonchev–Trinajstić information content (AvgIpc) is 2.44. The van der Waals surface area contributed by atoms with E-state index in [4.69, 9.17) is 14.5 Å². The number of hydrogen-bond donors (Lipinski definition) is 1. The Morgan fingerprint density at radius 3 is 2.85 bits per heavy atom. The zero-order valence-electron chi connectivity index (χ0n) is 11.6. The second-order valence-corrected chi connectivity index (χ2v) is 4.18. The highest BCUT2D eigenvalue weighted by atomic mass is 16.5. The zero-order valence-corrected chi connectivity index (χ0v) is 11.6. The molecule has 0 aromatic carbocycles. The molecule has 1 aromatic heterocycles. The van der Waals surface area contributed by atoms with Gasteiger partial charge in [-0.05, 0) is 13.3 Å². The standard InChI is InChI=1S/C12H16N4O4/c1-4-8(2)14-12(18)16(15-13)6-9-5-10(17)11(19-3)7-20-9/h5,7-8H,4,6H2,1-3H3/p+1. The number of diazo groups is 1. The summed E-state index contributed by atoms with van der Waals surface area (Å²) in [6.45, 7) is 3.56. The van der Waals surface area contributed by atoms with E-state index in [0.717, 1.165) is 17.7 Å². The number of ether oxygens (including phenoxy) is 1. The van der Waals surface area contributed by atoms with Crippen LogP contribution in [0.4, 0.5) is 4.79 Å². The molecule has 1 unspecified atom stereocenters. The molecule has 2 amide bonds. The van der Waals surface area contributed by atoms with Crippen molar-refractivity contribution in [3.63, 3.8) is 0 Å². The molecule has 1 rings (SSSR count). The molecule has 20 heavy (non-hydrogen) atoms. The monoisotopic (exact) mass is 281 g/mol. The second kappa shape index (κ2) is 7.13. The number of nitrogens with one attached hydrogen (secondary N) is 1. The molecule has 8 heteroatoms. The van der Waals surface area contributed by atoms with Gasteiger partial charge in [0.15, 0.2) is 6.54 Å². The molecule has 0 saturated carbocycles. The van der Waals surface area contributed by atoms with Gasteiger partial charge in [0.05, 0.1) is 12.1 Å². The van der Waals surface area contributed by atoms with Crippen LogP contribution >= 0.6 is 0 Å². The van der Waals surface area contributed by atoms with Gasteiger partial charge in [0.1, 0.15) is 12.0 Å². The van der Waals surface area contributed by atoms with E-state index < -0.39 is 6.03 Å². The van der Waals surface area contributed by atoms with Gasteiger partial charge in [0, 0.05) is 12.1 Å². The number of carbonyl (C=O) groups is 1. The van der Waals surface area contributed by atoms with Crippen LogP contribution in [0, 0.1) is 5.39 Å². The summed E-state index contributed by atoms with van der Waals surface area (Å²) in [6.07, 6.45) is 1.88. The fraction of sp³-hybridized carbons (Fsp3) is 0.500. The van der Waals surface area contributed by atoms with E-state index in [9.17, 15) is 9.59 Å². The number of hydrogen-bond acceptors (Lipinski definition) is 5. The number of methoxy groups -OCH3 is 1. The van der Waals surface area contributed by atoms with E-state index in [1.165, 1.54) is 13.2 Å². The van der Waals surface area contributed by atoms with Crippen molar-refractivity contribution in [3.8, 4) is 5.75 Å². The summed E-state index contributed by atoms with van der Waals surface area (Å²) >= 11 is 0. The molecule has 1 N–H and O–H groups in total. The number of nitrogens with zero attached hydrogens (tertiary/aromatic N) is 3. The lowest BCUT2D eigenvalue weighted by atomic mass is 10.3. The third-order valence-electron chi connectivity index (χ3n) is 2.70. The maximum absolute atomic E-state index is 11.8. The Labute approximate surface area is 115 Å². The second-order valence-electron chi connectivity index (χ2n) is 4.18. The molecule has 8 nitrogen and oxygen atoms in total. The highest BCUT2D eigenvalue weighted by molar-refractivity contribution is 5.74. The molecule has 0 aliphatic heterocycles. The van der Waals surface area contributed by atoms with Crippen LogP contribution in [0.1, 0.15) is 26.0 Å². The Kier molecular flexibility index (Phi) is 5.53. The third kappa shape index (κ3) is 3.98. The minimum absolute atomic E-state index is 0.0605. The van der Waals surface area contributed by atoms with Gasteiger partial charge < -0.3 is 14.5 Å². The van der Waals surface area contributed by atoms with Crippen molar-refractivity contribution in [2.45, 2.75) is 32.9 Å². The van der Waals surface area contributed by atoms with Crippen molar-refractivity contribution in [2.24, 2.45) is 0 Å². The molecule has 0 radical (unpaired) electrons. The van der Waals surface area contributed by atoms with Crippen LogP contribution < -0.4 is 15.5 Å². The van der Waals surface area contributed by atoms with Crippen molar-refractivity contribution in [1.82, 2.24) is 10.3 Å². The number of carbonyl (C=O) groups excluding carboxylic acids is 1. The predicted molar refractivity (Wildman–Crippen MR) is 70.4 cm³/mol. The molecule has 0 fully saturated rings. The first-order valence-corrected chi connectivity index (χ1v) is 6.10. The minimum atomic E-state index is -0.583. The van der Waals surface area contributed by atoms with Crippen LogP contribution in [0.15, 0.2) is 21.5 Å². The molecular formula is C12H17N4O4+. The van der Waals surface area contributed by atoms with Crippen LogP contribution in [0.2, 0.25) is 0 Å². The van der Waals surface area contributed by atoms with Gasteiger partial charge in [0.2, 0.25) is 11.2 Å². The summed E-state index contributed by atoms with van der Waals surface area (Å²) in [6, 6.07) is 0.531. The van der Waals surface area contributed by atoms with E-state index in [0.29, 0.717) is 0 Å². The van der Waals surface area contributed by atoms with Gasteiger partial charge >= 0.3 is 11.1 Å². The molecule has 1 atom stereocenters. The van der Waals surface area contributed by atoms with E-state index in [2.05, 4.69) is 10.4 Å². The van der Waals surface area contributed by atoms with Crippen LogP contribution in [-0.2, 0) is 6.54 Å². The molecule has 1 aromatic rings. The molecule has 0 aliphatic rings. The van der Waals surface area contributed by atoms with Crippen molar-refractivity contribution < 1.29 is 13.9 Å². The van der Waals surface area contributed by atoms with Gasteiger partial charge in [-0.25, -0.2) is 4.79 Å². The molecule has 108 valence electrons. The molecule has 1 heterocycles. The Bertz CT molecular complexity index is 563. The smallest absolute Gasteiger partial charge is 0.391 e. The highest BCUT2D eigenvalue weighted by Gasteiger charge is 2.27. The van der Waals surface area contributed by atoms with Gasteiger partial charge in [-0.1, -0.05) is 6.92 Å². The quantitative estimate of drug-likeness (QED) is 0.654. The van der Waals surface area contributed by atoms with Gasteiger partial charge in [-0.2, -0.15) is 0 Å². The van der Waals surface area contributed by atoms with Gasteiger partial charge in [-0.3, -0.25) is 4.79 Å². The highest BCUT2D eigenvalue weighted by Crippen LogP contribution is 2.08. The lowest BCUT2D eigenvalue weighted by Crippen LogP contribution is -2.40. The number of amides is 2. The van der Waals surface area contributed by atoms with E-state index in [1.54, 1.807) is 0 Å². The summed E-state index contributed by atoms with van der Waals surface area (Å²) in [7, 11) is 1.35. The number of rotatable bonds is 5. The maximum Gasteiger partial charge on any atom is 0.391 e. The van der Waals surface area contributed by atoms with Crippen LogP contribution in [0.25, 0.3) is 5.08 Å². The Morgan fingerprint density at radius 2 is 2.35 bits per heavy atom.